The molecule has 0 saturated carbocycles. The monoisotopic (exact) mass is 395 g/mol. The minimum atomic E-state index is -0.522. The molecule has 0 bridgehead atoms. The number of nitrogens with zero attached hydrogens (tertiary/aromatic N) is 2. The first-order valence-corrected chi connectivity index (χ1v) is 9.02. The minimum absolute atomic E-state index is 0.0170. The fourth-order valence-corrected chi connectivity index (χ4v) is 3.12. The minimum Gasteiger partial charge on any atom is -0.461 e. The number of pyridine rings is 1. The molecule has 2 aromatic heterocycles. The molecule has 28 heavy (non-hydrogen) atoms. The van der Waals surface area contributed by atoms with E-state index < -0.39 is 12.0 Å². The maximum absolute atomic E-state index is 12.4. The van der Waals surface area contributed by atoms with Crippen molar-refractivity contribution < 1.29 is 14.3 Å². The fraction of sp³-hybridized carbons (Fsp3) is 0.190. The third-order valence-corrected chi connectivity index (χ3v) is 4.54. The Morgan fingerprint density at radius 3 is 2.68 bits per heavy atom. The summed E-state index contributed by atoms with van der Waals surface area (Å²) in [6.07, 6.45) is 3.57. The molecule has 0 radical (unpaired) electrons. The summed E-state index contributed by atoms with van der Waals surface area (Å²) in [5, 5.41) is 12.7. The molecule has 0 aliphatic rings. The predicted octanol–water partition coefficient (Wildman–Crippen LogP) is 3.78. The smallest absolute Gasteiger partial charge is 0.308 e. The molecule has 142 valence electrons. The summed E-state index contributed by atoms with van der Waals surface area (Å²) in [7, 11) is 0. The van der Waals surface area contributed by atoms with Crippen molar-refractivity contribution in [2.45, 2.75) is 26.0 Å². The number of aromatic nitrogens is 1. The lowest BCUT2D eigenvalue weighted by Crippen LogP contribution is -2.28. The molecule has 6 nitrogen and oxygen atoms in total. The third kappa shape index (κ3) is 4.51. The number of carbonyl (C=O) groups is 2. The molecule has 3 aromatic rings. The van der Waals surface area contributed by atoms with E-state index in [9.17, 15) is 14.9 Å². The lowest BCUT2D eigenvalue weighted by molar-refractivity contribution is -0.145. The van der Waals surface area contributed by atoms with Gasteiger partial charge in [0.2, 0.25) is 5.91 Å². The first-order chi connectivity index (χ1) is 13.5. The van der Waals surface area contributed by atoms with Crippen molar-refractivity contribution in [2.75, 3.05) is 0 Å². The molecular weight excluding hydrogens is 378 g/mol. The average molecular weight is 396 g/mol. The molecular formula is C21H18ClN3O3. The Hall–Kier alpha value is -3.30. The maximum Gasteiger partial charge on any atom is 0.308 e. The molecule has 2 heterocycles. The largest absolute Gasteiger partial charge is 0.461 e. The van der Waals surface area contributed by atoms with Gasteiger partial charge in [-0.15, -0.1) is 0 Å². The Morgan fingerprint density at radius 2 is 2.00 bits per heavy atom. The van der Waals surface area contributed by atoms with E-state index in [0.717, 1.165) is 11.1 Å². The van der Waals surface area contributed by atoms with Gasteiger partial charge in [0.1, 0.15) is 12.7 Å². The van der Waals surface area contributed by atoms with Gasteiger partial charge in [-0.05, 0) is 29.8 Å². The summed E-state index contributed by atoms with van der Waals surface area (Å²) in [4.78, 5) is 23.9. The lowest BCUT2D eigenvalue weighted by Gasteiger charge is -2.17. The number of nitriles is 1. The van der Waals surface area contributed by atoms with Crippen molar-refractivity contribution in [3.05, 3.63) is 76.6 Å². The molecule has 1 atom stereocenters. The van der Waals surface area contributed by atoms with Crippen LogP contribution in [0.5, 0.6) is 0 Å². The normalized spacial score (nSPS) is 11.6. The van der Waals surface area contributed by atoms with Crippen LogP contribution in [0, 0.1) is 11.3 Å². The van der Waals surface area contributed by atoms with Gasteiger partial charge < -0.3 is 14.5 Å². The van der Waals surface area contributed by atoms with Crippen LogP contribution in [0.3, 0.4) is 0 Å². The first kappa shape index (κ1) is 19.5. The first-order valence-electron chi connectivity index (χ1n) is 8.65. The van der Waals surface area contributed by atoms with Crippen molar-refractivity contribution in [1.29, 1.82) is 5.26 Å². The quantitative estimate of drug-likeness (QED) is 0.644. The molecule has 0 saturated heterocycles. The lowest BCUT2D eigenvalue weighted by atomic mass is 10.0. The number of fused-ring (bicyclic) bond motifs is 1. The molecule has 7 heteroatoms. The number of esters is 1. The molecule has 0 aliphatic carbocycles. The number of hydrogen-bond acceptors (Lipinski definition) is 4. The third-order valence-electron chi connectivity index (χ3n) is 4.28. The highest BCUT2D eigenvalue weighted by atomic mass is 35.5. The van der Waals surface area contributed by atoms with Gasteiger partial charge in [0.25, 0.3) is 0 Å². The Balaban J connectivity index is 1.70. The number of benzene rings is 1. The van der Waals surface area contributed by atoms with E-state index in [0.29, 0.717) is 16.1 Å². The van der Waals surface area contributed by atoms with E-state index in [2.05, 4.69) is 11.4 Å². The Labute approximate surface area is 167 Å². The van der Waals surface area contributed by atoms with Crippen molar-refractivity contribution in [2.24, 2.45) is 0 Å². The number of ether oxygens (including phenoxy) is 1. The summed E-state index contributed by atoms with van der Waals surface area (Å²) in [6, 6.07) is 14.1. The fourth-order valence-electron chi connectivity index (χ4n) is 2.99. The molecule has 1 aromatic carbocycles. The summed E-state index contributed by atoms with van der Waals surface area (Å²) in [6.45, 7) is 1.37. The van der Waals surface area contributed by atoms with E-state index in [1.165, 1.54) is 6.92 Å². The zero-order valence-electron chi connectivity index (χ0n) is 15.2. The number of carbonyl (C=O) groups excluding carboxylic acids is 2. The average Bonchev–Trinajstić information content (AvgIpc) is 3.03. The topological polar surface area (TPSA) is 83.6 Å². The number of rotatable bonds is 6. The van der Waals surface area contributed by atoms with Gasteiger partial charge in [0, 0.05) is 29.9 Å². The van der Waals surface area contributed by atoms with E-state index in [1.54, 1.807) is 30.5 Å². The van der Waals surface area contributed by atoms with E-state index in [4.69, 9.17) is 16.3 Å². The van der Waals surface area contributed by atoms with Crippen molar-refractivity contribution in [3.63, 3.8) is 0 Å². The van der Waals surface area contributed by atoms with Gasteiger partial charge in [-0.2, -0.15) is 5.26 Å². The Morgan fingerprint density at radius 1 is 1.25 bits per heavy atom. The van der Waals surface area contributed by atoms with E-state index >= 15 is 0 Å². The van der Waals surface area contributed by atoms with Crippen molar-refractivity contribution >= 4 is 29.0 Å². The van der Waals surface area contributed by atoms with Crippen molar-refractivity contribution in [3.8, 4) is 6.07 Å². The number of halogens is 1. The highest BCUT2D eigenvalue weighted by Gasteiger charge is 2.19. The molecule has 0 fully saturated rings. The van der Waals surface area contributed by atoms with E-state index in [-0.39, 0.29) is 18.9 Å². The Kier molecular flexibility index (Phi) is 5.97. The zero-order valence-corrected chi connectivity index (χ0v) is 15.9. The van der Waals surface area contributed by atoms with Crippen LogP contribution in [0.2, 0.25) is 5.02 Å². The second-order valence-electron chi connectivity index (χ2n) is 6.30. The molecule has 3 rings (SSSR count). The van der Waals surface area contributed by atoms with Gasteiger partial charge in [0.05, 0.1) is 23.5 Å². The maximum atomic E-state index is 12.4. The van der Waals surface area contributed by atoms with Crippen LogP contribution in [0.25, 0.3) is 5.52 Å². The summed E-state index contributed by atoms with van der Waals surface area (Å²) < 4.78 is 7.19. The summed E-state index contributed by atoms with van der Waals surface area (Å²) >= 11 is 5.90. The SMILES string of the molecule is CC(=O)N[C@H](CC(=O)OCc1cn2ccccc2c1C#N)c1ccc(Cl)cc1. The molecule has 1 amide bonds. The zero-order chi connectivity index (χ0) is 20.1. The van der Waals surface area contributed by atoms with Crippen LogP contribution < -0.4 is 5.32 Å². The van der Waals surface area contributed by atoms with Gasteiger partial charge >= 0.3 is 5.97 Å². The van der Waals surface area contributed by atoms with Crippen LogP contribution in [0.15, 0.2) is 54.9 Å². The van der Waals surface area contributed by atoms with Crippen LogP contribution >= 0.6 is 11.6 Å². The predicted molar refractivity (Wildman–Crippen MR) is 105 cm³/mol. The molecule has 0 aliphatic heterocycles. The summed E-state index contributed by atoms with van der Waals surface area (Å²) in [5.74, 6) is -0.731. The van der Waals surface area contributed by atoms with Gasteiger partial charge in [-0.1, -0.05) is 29.8 Å². The van der Waals surface area contributed by atoms with Gasteiger partial charge in [-0.25, -0.2) is 0 Å². The standard InChI is InChI=1S/C21H18ClN3O3/c1-14(26)24-19(15-5-7-17(22)8-6-15)10-21(27)28-13-16-12-25-9-3-2-4-20(25)18(16)11-23/h2-9,12,19H,10,13H2,1H3,(H,24,26)/t19-/m1/s1. The van der Waals surface area contributed by atoms with Gasteiger partial charge in [0.15, 0.2) is 0 Å². The van der Waals surface area contributed by atoms with Crippen LogP contribution in [-0.4, -0.2) is 16.3 Å². The van der Waals surface area contributed by atoms with Crippen LogP contribution in [0.1, 0.15) is 36.1 Å². The summed E-state index contributed by atoms with van der Waals surface area (Å²) in [5.41, 5.74) is 2.62. The Bertz CT molecular complexity index is 1050. The second-order valence-corrected chi connectivity index (χ2v) is 6.74. The van der Waals surface area contributed by atoms with Gasteiger partial charge in [-0.3, -0.25) is 9.59 Å². The molecule has 0 spiro atoms. The highest BCUT2D eigenvalue weighted by Crippen LogP contribution is 2.22. The van der Waals surface area contributed by atoms with Crippen molar-refractivity contribution in [1.82, 2.24) is 9.72 Å². The molecule has 0 unspecified atom stereocenters. The molecule has 1 N–H and O–H groups in total. The number of hydrogen-bond donors (Lipinski definition) is 1. The number of amides is 1. The number of nitrogens with one attached hydrogen (secondary N) is 1. The van der Waals surface area contributed by atoms with Crippen LogP contribution in [0.4, 0.5) is 0 Å². The van der Waals surface area contributed by atoms with E-state index in [1.807, 2.05) is 28.8 Å². The highest BCUT2D eigenvalue weighted by molar-refractivity contribution is 6.30. The van der Waals surface area contributed by atoms with Crippen LogP contribution in [-0.2, 0) is 20.9 Å². The second kappa shape index (κ2) is 8.59.